The summed E-state index contributed by atoms with van der Waals surface area (Å²) in [5.74, 6) is 1.83. The molecule has 7 nitrogen and oxygen atoms in total. The molecular formula is C21H34IN7. The summed E-state index contributed by atoms with van der Waals surface area (Å²) in [6.07, 6.45) is 6.69. The first-order valence-electron chi connectivity index (χ1n) is 10.4. The van der Waals surface area contributed by atoms with E-state index in [0.717, 1.165) is 44.4 Å². The van der Waals surface area contributed by atoms with E-state index in [2.05, 4.69) is 66.5 Å². The van der Waals surface area contributed by atoms with Crippen molar-refractivity contribution in [1.29, 1.82) is 0 Å². The third kappa shape index (κ3) is 7.26. The van der Waals surface area contributed by atoms with Crippen LogP contribution < -0.4 is 10.6 Å². The maximum atomic E-state index is 4.35. The molecule has 0 radical (unpaired) electrons. The summed E-state index contributed by atoms with van der Waals surface area (Å²) in [6.45, 7) is 7.94. The molecule has 2 aromatic rings. The van der Waals surface area contributed by atoms with Crippen LogP contribution in [0.25, 0.3) is 0 Å². The second kappa shape index (κ2) is 12.8. The number of rotatable bonds is 8. The molecule has 0 unspecified atom stereocenters. The first-order chi connectivity index (χ1) is 13.8. The zero-order valence-electron chi connectivity index (χ0n) is 17.6. The van der Waals surface area contributed by atoms with Crippen molar-refractivity contribution in [2.24, 2.45) is 4.99 Å². The van der Waals surface area contributed by atoms with Crippen molar-refractivity contribution in [3.63, 3.8) is 0 Å². The Morgan fingerprint density at radius 1 is 1.10 bits per heavy atom. The Morgan fingerprint density at radius 2 is 1.86 bits per heavy atom. The van der Waals surface area contributed by atoms with E-state index in [9.17, 15) is 0 Å². The SMILES string of the molecule is CCc1nncn1CCNC(=NC)NCc1ccccc1CN1CCCCC1.I. The maximum Gasteiger partial charge on any atom is 0.191 e. The van der Waals surface area contributed by atoms with Crippen LogP contribution in [0.15, 0.2) is 35.6 Å². The zero-order valence-corrected chi connectivity index (χ0v) is 19.9. The summed E-state index contributed by atoms with van der Waals surface area (Å²) < 4.78 is 2.08. The average molecular weight is 511 g/mol. The minimum absolute atomic E-state index is 0. The lowest BCUT2D eigenvalue weighted by atomic mass is 10.0. The van der Waals surface area contributed by atoms with Crippen LogP contribution in [-0.2, 0) is 26.1 Å². The highest BCUT2D eigenvalue weighted by molar-refractivity contribution is 14.0. The van der Waals surface area contributed by atoms with E-state index in [0.29, 0.717) is 0 Å². The summed E-state index contributed by atoms with van der Waals surface area (Å²) in [4.78, 5) is 6.92. The van der Waals surface area contributed by atoms with Gasteiger partial charge < -0.3 is 15.2 Å². The van der Waals surface area contributed by atoms with E-state index in [-0.39, 0.29) is 24.0 Å². The Hall–Kier alpha value is -1.68. The molecule has 1 aliphatic heterocycles. The Balaban J connectivity index is 0.00000300. The highest BCUT2D eigenvalue weighted by atomic mass is 127. The number of aryl methyl sites for hydroxylation is 1. The Labute approximate surface area is 191 Å². The van der Waals surface area contributed by atoms with Gasteiger partial charge in [0.2, 0.25) is 0 Å². The number of nitrogens with zero attached hydrogens (tertiary/aromatic N) is 5. The van der Waals surface area contributed by atoms with Crippen LogP contribution in [0.5, 0.6) is 0 Å². The second-order valence-corrected chi connectivity index (χ2v) is 7.25. The van der Waals surface area contributed by atoms with E-state index in [4.69, 9.17) is 0 Å². The second-order valence-electron chi connectivity index (χ2n) is 7.25. The number of aromatic nitrogens is 3. The van der Waals surface area contributed by atoms with E-state index >= 15 is 0 Å². The van der Waals surface area contributed by atoms with Gasteiger partial charge in [-0.3, -0.25) is 9.89 Å². The van der Waals surface area contributed by atoms with Crippen LogP contribution in [0.4, 0.5) is 0 Å². The van der Waals surface area contributed by atoms with Gasteiger partial charge in [-0.1, -0.05) is 37.6 Å². The predicted molar refractivity (Wildman–Crippen MR) is 129 cm³/mol. The van der Waals surface area contributed by atoms with Crippen molar-refractivity contribution in [2.45, 2.75) is 52.2 Å². The fraction of sp³-hybridized carbons (Fsp3) is 0.571. The number of guanidine groups is 1. The van der Waals surface area contributed by atoms with Crippen molar-refractivity contribution >= 4 is 29.9 Å². The fourth-order valence-corrected chi connectivity index (χ4v) is 3.68. The molecule has 0 atom stereocenters. The van der Waals surface area contributed by atoms with Gasteiger partial charge in [0.1, 0.15) is 12.2 Å². The van der Waals surface area contributed by atoms with Crippen molar-refractivity contribution in [2.75, 3.05) is 26.7 Å². The molecule has 29 heavy (non-hydrogen) atoms. The molecule has 0 bridgehead atoms. The van der Waals surface area contributed by atoms with E-state index < -0.39 is 0 Å². The van der Waals surface area contributed by atoms with Gasteiger partial charge in [-0.25, -0.2) is 0 Å². The van der Waals surface area contributed by atoms with Crippen LogP contribution in [0, 0.1) is 0 Å². The molecule has 0 aliphatic carbocycles. The van der Waals surface area contributed by atoms with Crippen LogP contribution in [-0.4, -0.2) is 52.3 Å². The first-order valence-corrected chi connectivity index (χ1v) is 10.4. The van der Waals surface area contributed by atoms with Gasteiger partial charge in [-0.15, -0.1) is 34.2 Å². The number of nitrogens with one attached hydrogen (secondary N) is 2. The van der Waals surface area contributed by atoms with Gasteiger partial charge in [-0.05, 0) is 37.1 Å². The molecule has 160 valence electrons. The summed E-state index contributed by atoms with van der Waals surface area (Å²) in [5.41, 5.74) is 2.74. The quantitative estimate of drug-likeness (QED) is 0.324. The van der Waals surface area contributed by atoms with Crippen molar-refractivity contribution in [1.82, 2.24) is 30.3 Å². The minimum atomic E-state index is 0. The van der Waals surface area contributed by atoms with Gasteiger partial charge >= 0.3 is 0 Å². The molecular weight excluding hydrogens is 477 g/mol. The third-order valence-electron chi connectivity index (χ3n) is 5.29. The Morgan fingerprint density at radius 3 is 2.59 bits per heavy atom. The number of hydrogen-bond donors (Lipinski definition) is 2. The molecule has 1 aromatic heterocycles. The van der Waals surface area contributed by atoms with E-state index in [1.165, 1.54) is 43.5 Å². The molecule has 8 heteroatoms. The smallest absolute Gasteiger partial charge is 0.191 e. The first kappa shape index (κ1) is 23.6. The van der Waals surface area contributed by atoms with Crippen LogP contribution in [0.3, 0.4) is 0 Å². The van der Waals surface area contributed by atoms with Gasteiger partial charge in [0.05, 0.1) is 0 Å². The van der Waals surface area contributed by atoms with Crippen molar-refractivity contribution < 1.29 is 0 Å². The number of hydrogen-bond acceptors (Lipinski definition) is 4. The monoisotopic (exact) mass is 511 g/mol. The lowest BCUT2D eigenvalue weighted by molar-refractivity contribution is 0.220. The molecule has 3 rings (SSSR count). The fourth-order valence-electron chi connectivity index (χ4n) is 3.68. The summed E-state index contributed by atoms with van der Waals surface area (Å²) >= 11 is 0. The lowest BCUT2D eigenvalue weighted by Gasteiger charge is -2.27. The predicted octanol–water partition coefficient (Wildman–Crippen LogP) is 2.81. The van der Waals surface area contributed by atoms with Crippen LogP contribution in [0.2, 0.25) is 0 Å². The molecule has 0 amide bonds. The molecule has 1 saturated heterocycles. The number of piperidine rings is 1. The molecule has 1 fully saturated rings. The molecule has 2 N–H and O–H groups in total. The van der Waals surface area contributed by atoms with E-state index in [1.54, 1.807) is 6.33 Å². The van der Waals surface area contributed by atoms with Gasteiger partial charge in [0.15, 0.2) is 5.96 Å². The molecule has 1 aliphatic rings. The van der Waals surface area contributed by atoms with Gasteiger partial charge in [-0.2, -0.15) is 0 Å². The molecule has 1 aromatic carbocycles. The summed E-state index contributed by atoms with van der Waals surface area (Å²) in [6, 6.07) is 8.72. The normalized spacial score (nSPS) is 15.0. The molecule has 2 heterocycles. The molecule has 0 saturated carbocycles. The maximum absolute atomic E-state index is 4.35. The Kier molecular flexibility index (Phi) is 10.4. The van der Waals surface area contributed by atoms with E-state index in [1.807, 2.05) is 7.05 Å². The zero-order chi connectivity index (χ0) is 19.6. The number of halogens is 1. The van der Waals surface area contributed by atoms with Crippen molar-refractivity contribution in [3.8, 4) is 0 Å². The largest absolute Gasteiger partial charge is 0.355 e. The summed E-state index contributed by atoms with van der Waals surface area (Å²) in [5, 5.41) is 14.9. The van der Waals surface area contributed by atoms with Crippen LogP contribution in [0.1, 0.15) is 43.1 Å². The lowest BCUT2D eigenvalue weighted by Crippen LogP contribution is -2.38. The highest BCUT2D eigenvalue weighted by Gasteiger charge is 2.12. The number of aliphatic imine (C=N–C) groups is 1. The standard InChI is InChI=1S/C21H33N7.HI/c1-3-20-26-25-17-28(20)14-11-23-21(22-2)24-15-18-9-5-6-10-19(18)16-27-12-7-4-8-13-27;/h5-6,9-10,17H,3-4,7-8,11-16H2,1-2H3,(H2,22,23,24);1H. The third-order valence-corrected chi connectivity index (χ3v) is 5.29. The van der Waals surface area contributed by atoms with Gasteiger partial charge in [0, 0.05) is 39.6 Å². The van der Waals surface area contributed by atoms with Crippen LogP contribution >= 0.6 is 24.0 Å². The van der Waals surface area contributed by atoms with Gasteiger partial charge in [0.25, 0.3) is 0 Å². The number of benzene rings is 1. The number of likely N-dealkylation sites (tertiary alicyclic amines) is 1. The highest BCUT2D eigenvalue weighted by Crippen LogP contribution is 2.16. The Bertz CT molecular complexity index is 753. The minimum Gasteiger partial charge on any atom is -0.355 e. The summed E-state index contributed by atoms with van der Waals surface area (Å²) in [7, 11) is 1.81. The molecule has 0 spiro atoms. The topological polar surface area (TPSA) is 70.4 Å². The average Bonchev–Trinajstić information content (AvgIpc) is 3.20. The van der Waals surface area contributed by atoms with Crippen molar-refractivity contribution in [3.05, 3.63) is 47.5 Å².